The van der Waals surface area contributed by atoms with Crippen LogP contribution >= 0.6 is 46.3 Å². The molecule has 3 aromatic rings. The lowest BCUT2D eigenvalue weighted by Gasteiger charge is -2.12. The van der Waals surface area contributed by atoms with E-state index in [2.05, 4.69) is 20.8 Å². The fraction of sp³-hybridized carbons (Fsp3) is 0.385. The molecule has 226 valence electrons. The molecule has 0 saturated carbocycles. The van der Waals surface area contributed by atoms with Gasteiger partial charge in [0.05, 0.1) is 35.6 Å². The van der Waals surface area contributed by atoms with E-state index in [-0.39, 0.29) is 46.8 Å². The van der Waals surface area contributed by atoms with Crippen molar-refractivity contribution in [2.24, 2.45) is 7.05 Å². The number of aromatic nitrogens is 3. The van der Waals surface area contributed by atoms with Gasteiger partial charge in [-0.15, -0.1) is 21.5 Å². The van der Waals surface area contributed by atoms with E-state index >= 15 is 0 Å². The van der Waals surface area contributed by atoms with Crippen molar-refractivity contribution in [2.75, 3.05) is 25.1 Å². The molecule has 0 bridgehead atoms. The number of amides is 2. The molecule has 0 radical (unpaired) electrons. The second-order valence-corrected chi connectivity index (χ2v) is 11.7. The van der Waals surface area contributed by atoms with E-state index in [1.807, 2.05) is 0 Å². The van der Waals surface area contributed by atoms with E-state index in [1.54, 1.807) is 51.4 Å². The lowest BCUT2D eigenvalue weighted by molar-refractivity contribution is -0.123. The Balaban J connectivity index is 1.62. The molecule has 16 heteroatoms. The highest BCUT2D eigenvalue weighted by molar-refractivity contribution is 8.00. The molecule has 1 unspecified atom stereocenters. The number of thiophene rings is 1. The smallest absolute Gasteiger partial charge is 0.348 e. The number of hydrogen-bond acceptors (Lipinski definition) is 11. The summed E-state index contributed by atoms with van der Waals surface area (Å²) in [6.07, 6.45) is 0. The summed E-state index contributed by atoms with van der Waals surface area (Å²) in [7, 11) is 1.70. The van der Waals surface area contributed by atoms with Crippen LogP contribution in [0.15, 0.2) is 23.4 Å². The summed E-state index contributed by atoms with van der Waals surface area (Å²) in [6.45, 7) is 6.68. The highest BCUT2D eigenvalue weighted by Gasteiger charge is 2.29. The van der Waals surface area contributed by atoms with Gasteiger partial charge in [0.15, 0.2) is 17.6 Å². The minimum atomic E-state index is -0.670. The minimum Gasteiger partial charge on any atom is -0.482 e. The van der Waals surface area contributed by atoms with Gasteiger partial charge in [0.2, 0.25) is 5.91 Å². The molecule has 0 aliphatic heterocycles. The zero-order valence-corrected chi connectivity index (χ0v) is 26.6. The maximum Gasteiger partial charge on any atom is 0.348 e. The van der Waals surface area contributed by atoms with E-state index in [0.29, 0.717) is 27.3 Å². The Kier molecular flexibility index (Phi) is 12.0. The van der Waals surface area contributed by atoms with E-state index < -0.39 is 29.0 Å². The lowest BCUT2D eigenvalue weighted by Crippen LogP contribution is -2.29. The van der Waals surface area contributed by atoms with Gasteiger partial charge in [-0.25, -0.2) is 9.59 Å². The largest absolute Gasteiger partial charge is 0.482 e. The van der Waals surface area contributed by atoms with Crippen LogP contribution in [0.25, 0.3) is 0 Å². The van der Waals surface area contributed by atoms with Crippen molar-refractivity contribution in [3.05, 3.63) is 50.1 Å². The standard InChI is InChI=1S/C26H29Cl2N5O7S2/c1-6-38-24(36)20-13(3)21(25(37)39-7-2)42-23(20)30-22(35)14(4)41-26-32-31-18(33(26)5)11-29-19(34)12-40-17-9-8-15(27)10-16(17)28/h8-10,14H,6-7,11-12H2,1-5H3,(H,29,34)(H,30,35). The maximum absolute atomic E-state index is 13.1. The summed E-state index contributed by atoms with van der Waals surface area (Å²) in [4.78, 5) is 50.6. The molecule has 0 saturated heterocycles. The van der Waals surface area contributed by atoms with Crippen molar-refractivity contribution >= 4 is 75.1 Å². The topological polar surface area (TPSA) is 151 Å². The summed E-state index contributed by atoms with van der Waals surface area (Å²) in [5.74, 6) is -1.31. The van der Waals surface area contributed by atoms with Gasteiger partial charge in [-0.2, -0.15) is 0 Å². The molecule has 2 heterocycles. The molecule has 2 amide bonds. The fourth-order valence-electron chi connectivity index (χ4n) is 3.43. The van der Waals surface area contributed by atoms with Crippen LogP contribution in [0.5, 0.6) is 5.75 Å². The normalized spacial score (nSPS) is 11.5. The molecule has 0 spiro atoms. The molecule has 0 aliphatic carbocycles. The van der Waals surface area contributed by atoms with Crippen molar-refractivity contribution in [3.63, 3.8) is 0 Å². The number of rotatable bonds is 13. The average molecular weight is 659 g/mol. The number of ether oxygens (including phenoxy) is 3. The molecule has 42 heavy (non-hydrogen) atoms. The van der Waals surface area contributed by atoms with Crippen LogP contribution in [-0.2, 0) is 32.7 Å². The van der Waals surface area contributed by atoms with Crippen LogP contribution in [0.1, 0.15) is 52.2 Å². The van der Waals surface area contributed by atoms with Gasteiger partial charge < -0.3 is 29.4 Å². The number of hydrogen-bond donors (Lipinski definition) is 2. The van der Waals surface area contributed by atoms with E-state index in [0.717, 1.165) is 23.1 Å². The summed E-state index contributed by atoms with van der Waals surface area (Å²) in [5.41, 5.74) is 0.476. The Labute approximate surface area is 260 Å². The summed E-state index contributed by atoms with van der Waals surface area (Å²) in [6, 6.07) is 4.68. The van der Waals surface area contributed by atoms with Crippen LogP contribution in [0, 0.1) is 6.92 Å². The monoisotopic (exact) mass is 657 g/mol. The number of thioether (sulfide) groups is 1. The van der Waals surface area contributed by atoms with Gasteiger partial charge in [0.25, 0.3) is 5.91 Å². The predicted octanol–water partition coefficient (Wildman–Crippen LogP) is 4.66. The molecule has 0 aliphatic rings. The number of nitrogens with one attached hydrogen (secondary N) is 2. The predicted molar refractivity (Wildman–Crippen MR) is 160 cm³/mol. The third kappa shape index (κ3) is 8.37. The highest BCUT2D eigenvalue weighted by atomic mass is 35.5. The van der Waals surface area contributed by atoms with Gasteiger partial charge in [-0.05, 0) is 51.5 Å². The molecule has 0 fully saturated rings. The molecule has 2 N–H and O–H groups in total. The van der Waals surface area contributed by atoms with Crippen LogP contribution in [-0.4, -0.2) is 63.6 Å². The minimum absolute atomic E-state index is 0.0647. The Morgan fingerprint density at radius 1 is 1.10 bits per heavy atom. The lowest BCUT2D eigenvalue weighted by atomic mass is 10.1. The first kappa shape index (κ1) is 33.2. The van der Waals surface area contributed by atoms with Crippen LogP contribution < -0.4 is 15.4 Å². The van der Waals surface area contributed by atoms with E-state index in [1.165, 1.54) is 6.07 Å². The Hall–Kier alpha value is -3.33. The van der Waals surface area contributed by atoms with Gasteiger partial charge in [-0.3, -0.25) is 9.59 Å². The van der Waals surface area contributed by atoms with Crippen molar-refractivity contribution in [1.29, 1.82) is 0 Å². The second-order valence-electron chi connectivity index (χ2n) is 8.55. The van der Waals surface area contributed by atoms with Crippen molar-refractivity contribution in [2.45, 2.75) is 44.6 Å². The van der Waals surface area contributed by atoms with Crippen molar-refractivity contribution in [3.8, 4) is 5.75 Å². The fourth-order valence-corrected chi connectivity index (χ4v) is 5.82. The van der Waals surface area contributed by atoms with Crippen molar-refractivity contribution in [1.82, 2.24) is 20.1 Å². The third-order valence-electron chi connectivity index (χ3n) is 5.60. The van der Waals surface area contributed by atoms with Crippen LogP contribution in [0.2, 0.25) is 10.0 Å². The van der Waals surface area contributed by atoms with Crippen LogP contribution in [0.4, 0.5) is 5.00 Å². The van der Waals surface area contributed by atoms with Crippen LogP contribution in [0.3, 0.4) is 0 Å². The first-order valence-electron chi connectivity index (χ1n) is 12.6. The molecule has 12 nitrogen and oxygen atoms in total. The number of anilines is 1. The molecular weight excluding hydrogens is 629 g/mol. The zero-order chi connectivity index (χ0) is 31.0. The number of benzene rings is 1. The van der Waals surface area contributed by atoms with Gasteiger partial charge in [-0.1, -0.05) is 35.0 Å². The quantitative estimate of drug-likeness (QED) is 0.196. The zero-order valence-electron chi connectivity index (χ0n) is 23.4. The molecular formula is C26H29Cl2N5O7S2. The van der Waals surface area contributed by atoms with Gasteiger partial charge >= 0.3 is 11.9 Å². The number of carbonyl (C=O) groups is 4. The van der Waals surface area contributed by atoms with Gasteiger partial charge in [0, 0.05) is 12.1 Å². The Bertz CT molecular complexity index is 1480. The molecule has 3 rings (SSSR count). The van der Waals surface area contributed by atoms with E-state index in [9.17, 15) is 19.2 Å². The first-order chi connectivity index (χ1) is 20.0. The highest BCUT2D eigenvalue weighted by Crippen LogP contribution is 2.35. The first-order valence-corrected chi connectivity index (χ1v) is 15.1. The van der Waals surface area contributed by atoms with Crippen molar-refractivity contribution < 1.29 is 33.4 Å². The number of esters is 2. The summed E-state index contributed by atoms with van der Waals surface area (Å²) in [5, 5.41) is 14.3. The number of halogens is 2. The third-order valence-corrected chi connectivity index (χ3v) is 8.45. The number of carbonyl (C=O) groups excluding carboxylic acids is 4. The average Bonchev–Trinajstić information content (AvgIpc) is 3.45. The van der Waals surface area contributed by atoms with E-state index in [4.69, 9.17) is 37.4 Å². The maximum atomic E-state index is 13.1. The summed E-state index contributed by atoms with van der Waals surface area (Å²) >= 11 is 14.0. The second kappa shape index (κ2) is 15.2. The molecule has 2 aromatic heterocycles. The molecule has 1 atom stereocenters. The summed E-state index contributed by atoms with van der Waals surface area (Å²) < 4.78 is 17.3. The SMILES string of the molecule is CCOC(=O)c1sc(NC(=O)C(C)Sc2nnc(CNC(=O)COc3ccc(Cl)cc3Cl)n2C)c(C(=O)OCC)c1C. The molecule has 1 aromatic carbocycles. The Morgan fingerprint density at radius 2 is 1.79 bits per heavy atom. The Morgan fingerprint density at radius 3 is 2.45 bits per heavy atom. The number of nitrogens with zero attached hydrogens (tertiary/aromatic N) is 3. The van der Waals surface area contributed by atoms with Gasteiger partial charge in [0.1, 0.15) is 15.6 Å².